The number of hydrogen-bond acceptors (Lipinski definition) is 4. The number of benzene rings is 1. The van der Waals surface area contributed by atoms with Crippen LogP contribution in [0.15, 0.2) is 23.1 Å². The highest BCUT2D eigenvalue weighted by Gasteiger charge is 2.28. The van der Waals surface area contributed by atoms with Gasteiger partial charge < -0.3 is 11.1 Å². The SMILES string of the molecule is CC1CS(=O)(=O)c2cccc(N)c2N1. The molecular formula is C9H12N2O2S. The molecule has 1 aromatic carbocycles. The van der Waals surface area contributed by atoms with Gasteiger partial charge in [0.1, 0.15) is 0 Å². The molecule has 1 atom stereocenters. The van der Waals surface area contributed by atoms with Gasteiger partial charge in [0.05, 0.1) is 22.0 Å². The van der Waals surface area contributed by atoms with Gasteiger partial charge in [-0.1, -0.05) is 6.07 Å². The number of nitrogens with two attached hydrogens (primary N) is 1. The van der Waals surface area contributed by atoms with Crippen molar-refractivity contribution >= 4 is 21.2 Å². The van der Waals surface area contributed by atoms with E-state index in [1.165, 1.54) is 0 Å². The van der Waals surface area contributed by atoms with Crippen LogP contribution in [0.4, 0.5) is 11.4 Å². The summed E-state index contributed by atoms with van der Waals surface area (Å²) in [6, 6.07) is 4.85. The fourth-order valence-corrected chi connectivity index (χ4v) is 3.36. The Morgan fingerprint density at radius 1 is 1.50 bits per heavy atom. The molecule has 0 radical (unpaired) electrons. The Morgan fingerprint density at radius 3 is 2.93 bits per heavy atom. The van der Waals surface area contributed by atoms with E-state index in [0.717, 1.165) is 0 Å². The molecule has 76 valence electrons. The van der Waals surface area contributed by atoms with Crippen LogP contribution in [0.2, 0.25) is 0 Å². The zero-order valence-corrected chi connectivity index (χ0v) is 8.64. The standard InChI is InChI=1S/C9H12N2O2S/c1-6-5-14(12,13)8-4-2-3-7(10)9(8)11-6/h2-4,6,11H,5,10H2,1H3. The molecule has 1 aliphatic rings. The Morgan fingerprint density at radius 2 is 2.21 bits per heavy atom. The van der Waals surface area contributed by atoms with Crippen LogP contribution >= 0.6 is 0 Å². The van der Waals surface area contributed by atoms with E-state index in [2.05, 4.69) is 5.32 Å². The first-order chi connectivity index (χ1) is 6.50. The highest BCUT2D eigenvalue weighted by Crippen LogP contribution is 2.32. The van der Waals surface area contributed by atoms with Crippen LogP contribution in [0.5, 0.6) is 0 Å². The fourth-order valence-electron chi connectivity index (χ4n) is 1.67. The summed E-state index contributed by atoms with van der Waals surface area (Å²) in [5, 5.41) is 3.08. The number of anilines is 2. The number of rotatable bonds is 0. The maximum Gasteiger partial charge on any atom is 0.182 e. The van der Waals surface area contributed by atoms with E-state index in [-0.39, 0.29) is 11.8 Å². The van der Waals surface area contributed by atoms with Gasteiger partial charge in [-0.05, 0) is 19.1 Å². The highest BCUT2D eigenvalue weighted by atomic mass is 32.2. The van der Waals surface area contributed by atoms with Gasteiger partial charge in [0.2, 0.25) is 0 Å². The van der Waals surface area contributed by atoms with E-state index in [9.17, 15) is 8.42 Å². The second kappa shape index (κ2) is 2.88. The summed E-state index contributed by atoms with van der Waals surface area (Å²) < 4.78 is 23.5. The second-order valence-electron chi connectivity index (χ2n) is 3.55. The van der Waals surface area contributed by atoms with Crippen molar-refractivity contribution in [2.24, 2.45) is 0 Å². The molecule has 14 heavy (non-hydrogen) atoms. The summed E-state index contributed by atoms with van der Waals surface area (Å²) >= 11 is 0. The van der Waals surface area contributed by atoms with Gasteiger partial charge >= 0.3 is 0 Å². The van der Waals surface area contributed by atoms with Crippen LogP contribution in [-0.4, -0.2) is 20.2 Å². The topological polar surface area (TPSA) is 72.2 Å². The maximum atomic E-state index is 11.7. The Balaban J connectivity index is 2.69. The third-order valence-corrected chi connectivity index (χ3v) is 4.20. The monoisotopic (exact) mass is 212 g/mol. The van der Waals surface area contributed by atoms with Crippen LogP contribution in [-0.2, 0) is 9.84 Å². The average Bonchev–Trinajstić information content (AvgIpc) is 2.05. The van der Waals surface area contributed by atoms with E-state index in [1.807, 2.05) is 6.92 Å². The molecule has 1 heterocycles. The van der Waals surface area contributed by atoms with Crippen molar-refractivity contribution in [1.82, 2.24) is 0 Å². The molecule has 0 saturated heterocycles. The quantitative estimate of drug-likeness (QED) is 0.625. The Kier molecular flexibility index (Phi) is 1.92. The van der Waals surface area contributed by atoms with E-state index in [1.54, 1.807) is 18.2 Å². The largest absolute Gasteiger partial charge is 0.397 e. The molecule has 1 aliphatic heterocycles. The predicted molar refractivity (Wildman–Crippen MR) is 56.0 cm³/mol. The summed E-state index contributed by atoms with van der Waals surface area (Å²) in [7, 11) is -3.16. The molecule has 0 saturated carbocycles. The average molecular weight is 212 g/mol. The molecule has 0 aliphatic carbocycles. The highest BCUT2D eigenvalue weighted by molar-refractivity contribution is 7.91. The van der Waals surface area contributed by atoms with Gasteiger partial charge in [-0.25, -0.2) is 8.42 Å². The van der Waals surface area contributed by atoms with Gasteiger partial charge in [0.15, 0.2) is 9.84 Å². The molecule has 0 amide bonds. The fraction of sp³-hybridized carbons (Fsp3) is 0.333. The first-order valence-corrected chi connectivity index (χ1v) is 6.04. The molecule has 0 bridgehead atoms. The van der Waals surface area contributed by atoms with E-state index < -0.39 is 9.84 Å². The van der Waals surface area contributed by atoms with Crippen molar-refractivity contribution in [3.63, 3.8) is 0 Å². The smallest absolute Gasteiger partial charge is 0.182 e. The number of nitrogens with one attached hydrogen (secondary N) is 1. The Hall–Kier alpha value is -1.23. The van der Waals surface area contributed by atoms with Crippen molar-refractivity contribution < 1.29 is 8.42 Å². The normalized spacial score (nSPS) is 23.6. The van der Waals surface area contributed by atoms with Crippen LogP contribution in [0, 0.1) is 0 Å². The lowest BCUT2D eigenvalue weighted by molar-refractivity contribution is 0.589. The molecule has 0 fully saturated rings. The van der Waals surface area contributed by atoms with Gasteiger partial charge in [-0.3, -0.25) is 0 Å². The number of sulfone groups is 1. The Bertz CT molecular complexity index is 468. The summed E-state index contributed by atoms with van der Waals surface area (Å²) in [5.41, 5.74) is 6.73. The number of hydrogen-bond donors (Lipinski definition) is 2. The van der Waals surface area contributed by atoms with E-state index >= 15 is 0 Å². The molecule has 1 aromatic rings. The summed E-state index contributed by atoms with van der Waals surface area (Å²) in [6.45, 7) is 1.83. The molecule has 3 N–H and O–H groups in total. The lowest BCUT2D eigenvalue weighted by Gasteiger charge is -2.25. The lowest BCUT2D eigenvalue weighted by atomic mass is 10.2. The molecular weight excluding hydrogens is 200 g/mol. The van der Waals surface area contributed by atoms with Crippen LogP contribution in [0.1, 0.15) is 6.92 Å². The minimum atomic E-state index is -3.16. The lowest BCUT2D eigenvalue weighted by Crippen LogP contribution is -2.32. The predicted octanol–water partition coefficient (Wildman–Crippen LogP) is 0.857. The van der Waals surface area contributed by atoms with E-state index in [0.29, 0.717) is 16.3 Å². The second-order valence-corrected chi connectivity index (χ2v) is 5.55. The molecule has 0 spiro atoms. The molecule has 2 rings (SSSR count). The van der Waals surface area contributed by atoms with E-state index in [4.69, 9.17) is 5.73 Å². The number of fused-ring (bicyclic) bond motifs is 1. The van der Waals surface area contributed by atoms with Gasteiger partial charge in [-0.2, -0.15) is 0 Å². The molecule has 0 aromatic heterocycles. The minimum Gasteiger partial charge on any atom is -0.397 e. The van der Waals surface area contributed by atoms with Crippen molar-refractivity contribution in [3.8, 4) is 0 Å². The van der Waals surface area contributed by atoms with Crippen molar-refractivity contribution in [1.29, 1.82) is 0 Å². The number of para-hydroxylation sites is 1. The molecule has 4 nitrogen and oxygen atoms in total. The van der Waals surface area contributed by atoms with Crippen molar-refractivity contribution in [2.75, 3.05) is 16.8 Å². The van der Waals surface area contributed by atoms with Gasteiger partial charge in [0, 0.05) is 6.04 Å². The third-order valence-electron chi connectivity index (χ3n) is 2.25. The van der Waals surface area contributed by atoms with Crippen LogP contribution in [0.25, 0.3) is 0 Å². The van der Waals surface area contributed by atoms with Crippen LogP contribution < -0.4 is 11.1 Å². The summed E-state index contributed by atoms with van der Waals surface area (Å²) in [5.74, 6) is 0.128. The van der Waals surface area contributed by atoms with Crippen molar-refractivity contribution in [3.05, 3.63) is 18.2 Å². The zero-order valence-electron chi connectivity index (χ0n) is 7.82. The zero-order chi connectivity index (χ0) is 10.3. The molecule has 5 heteroatoms. The van der Waals surface area contributed by atoms with Crippen LogP contribution in [0.3, 0.4) is 0 Å². The third kappa shape index (κ3) is 1.33. The maximum absolute atomic E-state index is 11.7. The summed E-state index contributed by atoms with van der Waals surface area (Å²) in [6.07, 6.45) is 0. The molecule has 1 unspecified atom stereocenters. The first kappa shape index (κ1) is 9.33. The summed E-state index contributed by atoms with van der Waals surface area (Å²) in [4.78, 5) is 0.315. The minimum absolute atomic E-state index is 0.0859. The van der Waals surface area contributed by atoms with Gasteiger partial charge in [0.25, 0.3) is 0 Å². The first-order valence-electron chi connectivity index (χ1n) is 4.38. The Labute approximate surface area is 83.0 Å². The van der Waals surface area contributed by atoms with Gasteiger partial charge in [-0.15, -0.1) is 0 Å². The number of nitrogen functional groups attached to an aromatic ring is 1. The van der Waals surface area contributed by atoms with Crippen molar-refractivity contribution in [2.45, 2.75) is 17.9 Å².